The van der Waals surface area contributed by atoms with Crippen LogP contribution in [0.1, 0.15) is 35.9 Å². The number of hydrogen-bond donors (Lipinski definition) is 1. The summed E-state index contributed by atoms with van der Waals surface area (Å²) >= 11 is 1.66. The lowest BCUT2D eigenvalue weighted by Gasteiger charge is -2.13. The first kappa shape index (κ1) is 20.1. The zero-order chi connectivity index (χ0) is 19.9. The fourth-order valence-electron chi connectivity index (χ4n) is 2.97. The lowest BCUT2D eigenvalue weighted by Crippen LogP contribution is -2.30. The molecule has 1 aromatic heterocycles. The van der Waals surface area contributed by atoms with Crippen molar-refractivity contribution in [3.05, 3.63) is 70.0 Å². The summed E-state index contributed by atoms with van der Waals surface area (Å²) in [6.45, 7) is 6.86. The number of aryl methyl sites for hydroxylation is 1. The SMILES string of the molecule is Cc1nc(-c2ccc(CCNC(=O)COc3ccccc3C(C)C)cc2)cs1. The van der Waals surface area contributed by atoms with E-state index in [-0.39, 0.29) is 12.5 Å². The van der Waals surface area contributed by atoms with E-state index in [1.54, 1.807) is 11.3 Å². The maximum Gasteiger partial charge on any atom is 0.257 e. The van der Waals surface area contributed by atoms with Gasteiger partial charge in [-0.15, -0.1) is 11.3 Å². The number of carbonyl (C=O) groups excluding carboxylic acids is 1. The van der Waals surface area contributed by atoms with Crippen molar-refractivity contribution in [2.24, 2.45) is 0 Å². The van der Waals surface area contributed by atoms with E-state index in [4.69, 9.17) is 4.74 Å². The number of nitrogens with one attached hydrogen (secondary N) is 1. The summed E-state index contributed by atoms with van der Waals surface area (Å²) in [5.41, 5.74) is 4.43. The maximum absolute atomic E-state index is 12.1. The Hall–Kier alpha value is -2.66. The van der Waals surface area contributed by atoms with Gasteiger partial charge in [0.25, 0.3) is 5.91 Å². The minimum Gasteiger partial charge on any atom is -0.483 e. The third-order valence-corrected chi connectivity index (χ3v) is 5.28. The van der Waals surface area contributed by atoms with Crippen LogP contribution in [0.3, 0.4) is 0 Å². The molecule has 28 heavy (non-hydrogen) atoms. The summed E-state index contributed by atoms with van der Waals surface area (Å²) in [5.74, 6) is 1.03. The second-order valence-corrected chi connectivity index (χ2v) is 8.09. The van der Waals surface area contributed by atoms with Crippen LogP contribution in [-0.4, -0.2) is 24.0 Å². The zero-order valence-corrected chi connectivity index (χ0v) is 17.4. The van der Waals surface area contributed by atoms with E-state index < -0.39 is 0 Å². The van der Waals surface area contributed by atoms with Crippen LogP contribution in [0.25, 0.3) is 11.3 Å². The molecule has 3 rings (SSSR count). The van der Waals surface area contributed by atoms with E-state index in [9.17, 15) is 4.79 Å². The molecule has 146 valence electrons. The summed E-state index contributed by atoms with van der Waals surface area (Å²) in [7, 11) is 0. The Labute approximate surface area is 170 Å². The van der Waals surface area contributed by atoms with Gasteiger partial charge in [-0.1, -0.05) is 56.3 Å². The largest absolute Gasteiger partial charge is 0.483 e. The van der Waals surface area contributed by atoms with E-state index in [0.717, 1.165) is 34.0 Å². The van der Waals surface area contributed by atoms with Crippen LogP contribution >= 0.6 is 11.3 Å². The van der Waals surface area contributed by atoms with Gasteiger partial charge in [0.05, 0.1) is 10.7 Å². The highest BCUT2D eigenvalue weighted by Crippen LogP contribution is 2.25. The van der Waals surface area contributed by atoms with Gasteiger partial charge in [-0.2, -0.15) is 0 Å². The number of ether oxygens (including phenoxy) is 1. The molecule has 1 N–H and O–H groups in total. The van der Waals surface area contributed by atoms with Crippen molar-refractivity contribution in [2.75, 3.05) is 13.2 Å². The molecule has 0 aliphatic rings. The number of aromatic nitrogens is 1. The van der Waals surface area contributed by atoms with Gasteiger partial charge in [-0.25, -0.2) is 4.98 Å². The Kier molecular flexibility index (Phi) is 6.82. The second-order valence-electron chi connectivity index (χ2n) is 7.03. The molecule has 0 atom stereocenters. The smallest absolute Gasteiger partial charge is 0.257 e. The van der Waals surface area contributed by atoms with Crippen LogP contribution in [0, 0.1) is 6.92 Å². The number of rotatable bonds is 8. The Bertz CT molecular complexity index is 916. The first-order valence-electron chi connectivity index (χ1n) is 9.53. The molecule has 1 heterocycles. The van der Waals surface area contributed by atoms with Crippen LogP contribution in [0.4, 0.5) is 0 Å². The van der Waals surface area contributed by atoms with E-state index >= 15 is 0 Å². The number of para-hydroxylation sites is 1. The lowest BCUT2D eigenvalue weighted by atomic mass is 10.0. The molecular formula is C23H26N2O2S. The van der Waals surface area contributed by atoms with Crippen molar-refractivity contribution in [2.45, 2.75) is 33.1 Å². The highest BCUT2D eigenvalue weighted by atomic mass is 32.1. The van der Waals surface area contributed by atoms with Crippen LogP contribution < -0.4 is 10.1 Å². The molecule has 0 bridgehead atoms. The lowest BCUT2D eigenvalue weighted by molar-refractivity contribution is -0.123. The van der Waals surface area contributed by atoms with Crippen LogP contribution in [0.2, 0.25) is 0 Å². The molecule has 3 aromatic rings. The van der Waals surface area contributed by atoms with Gasteiger partial charge < -0.3 is 10.1 Å². The average Bonchev–Trinajstić information content (AvgIpc) is 3.13. The molecule has 5 heteroatoms. The number of nitrogens with zero attached hydrogens (tertiary/aromatic N) is 1. The van der Waals surface area contributed by atoms with Gasteiger partial charge in [0.15, 0.2) is 6.61 Å². The van der Waals surface area contributed by atoms with Gasteiger partial charge >= 0.3 is 0 Å². The number of amides is 1. The molecule has 0 fully saturated rings. The number of hydrogen-bond acceptors (Lipinski definition) is 4. The topological polar surface area (TPSA) is 51.2 Å². The van der Waals surface area contributed by atoms with Crippen molar-refractivity contribution in [3.63, 3.8) is 0 Å². The van der Waals surface area contributed by atoms with Crippen molar-refractivity contribution in [1.29, 1.82) is 0 Å². The van der Waals surface area contributed by atoms with Crippen LogP contribution in [0.15, 0.2) is 53.9 Å². The van der Waals surface area contributed by atoms with Crippen molar-refractivity contribution >= 4 is 17.2 Å². The van der Waals surface area contributed by atoms with E-state index in [2.05, 4.69) is 53.8 Å². The van der Waals surface area contributed by atoms with Crippen LogP contribution in [0.5, 0.6) is 5.75 Å². The normalized spacial score (nSPS) is 10.9. The fraction of sp³-hybridized carbons (Fsp3) is 0.304. The monoisotopic (exact) mass is 394 g/mol. The molecular weight excluding hydrogens is 368 g/mol. The predicted octanol–water partition coefficient (Wildman–Crippen LogP) is 4.98. The molecule has 2 aromatic carbocycles. The molecule has 0 saturated heterocycles. The fourth-order valence-corrected chi connectivity index (χ4v) is 3.59. The summed E-state index contributed by atoms with van der Waals surface area (Å²) in [6, 6.07) is 16.2. The average molecular weight is 395 g/mol. The molecule has 1 amide bonds. The third kappa shape index (κ3) is 5.42. The Morgan fingerprint density at radius 2 is 1.89 bits per heavy atom. The predicted molar refractivity (Wildman–Crippen MR) is 115 cm³/mol. The van der Waals surface area contributed by atoms with Crippen LogP contribution in [-0.2, 0) is 11.2 Å². The van der Waals surface area contributed by atoms with Gasteiger partial charge in [0.1, 0.15) is 5.75 Å². The molecule has 0 aliphatic carbocycles. The highest BCUT2D eigenvalue weighted by molar-refractivity contribution is 7.09. The molecule has 0 aliphatic heterocycles. The van der Waals surface area contributed by atoms with Crippen molar-refractivity contribution in [3.8, 4) is 17.0 Å². The van der Waals surface area contributed by atoms with Gasteiger partial charge in [0, 0.05) is 17.5 Å². The molecule has 0 unspecified atom stereocenters. The molecule has 0 radical (unpaired) electrons. The third-order valence-electron chi connectivity index (χ3n) is 4.50. The highest BCUT2D eigenvalue weighted by Gasteiger charge is 2.09. The molecule has 0 saturated carbocycles. The minimum absolute atomic E-state index is 0.0336. The number of carbonyl (C=O) groups is 1. The standard InChI is InChI=1S/C23H26N2O2S/c1-16(2)20-6-4-5-7-22(20)27-14-23(26)24-13-12-18-8-10-19(11-9-18)21-15-28-17(3)25-21/h4-11,15-16H,12-14H2,1-3H3,(H,24,26). The van der Waals surface area contributed by atoms with Crippen molar-refractivity contribution < 1.29 is 9.53 Å². The number of benzene rings is 2. The van der Waals surface area contributed by atoms with Gasteiger partial charge in [-0.05, 0) is 36.5 Å². The summed E-state index contributed by atoms with van der Waals surface area (Å²) in [4.78, 5) is 16.6. The summed E-state index contributed by atoms with van der Waals surface area (Å²) in [5, 5.41) is 6.07. The van der Waals surface area contributed by atoms with E-state index in [0.29, 0.717) is 12.5 Å². The minimum atomic E-state index is -0.104. The van der Waals surface area contributed by atoms with Gasteiger partial charge in [0.2, 0.25) is 0 Å². The molecule has 4 nitrogen and oxygen atoms in total. The first-order valence-corrected chi connectivity index (χ1v) is 10.4. The second kappa shape index (κ2) is 9.51. The van der Waals surface area contributed by atoms with E-state index in [1.165, 1.54) is 5.56 Å². The maximum atomic E-state index is 12.1. The Balaban J connectivity index is 1.44. The summed E-state index contributed by atoms with van der Waals surface area (Å²) < 4.78 is 5.71. The Morgan fingerprint density at radius 1 is 1.14 bits per heavy atom. The zero-order valence-electron chi connectivity index (χ0n) is 16.6. The summed E-state index contributed by atoms with van der Waals surface area (Å²) in [6.07, 6.45) is 0.782. The van der Waals surface area contributed by atoms with E-state index in [1.807, 2.05) is 31.2 Å². The van der Waals surface area contributed by atoms with Crippen molar-refractivity contribution in [1.82, 2.24) is 10.3 Å². The number of thiazole rings is 1. The first-order chi connectivity index (χ1) is 13.5. The Morgan fingerprint density at radius 3 is 2.57 bits per heavy atom. The molecule has 0 spiro atoms. The quantitative estimate of drug-likeness (QED) is 0.586. The van der Waals surface area contributed by atoms with Gasteiger partial charge in [-0.3, -0.25) is 4.79 Å².